The van der Waals surface area contributed by atoms with E-state index >= 15 is 0 Å². The summed E-state index contributed by atoms with van der Waals surface area (Å²) in [6, 6.07) is 13.0. The normalized spacial score (nSPS) is 20.4. The minimum absolute atomic E-state index is 0.101. The van der Waals surface area contributed by atoms with E-state index in [1.807, 2.05) is 42.5 Å². The topological polar surface area (TPSA) is 90.5 Å². The van der Waals surface area contributed by atoms with Gasteiger partial charge in [-0.25, -0.2) is 0 Å². The first-order chi connectivity index (χ1) is 11.1. The first kappa shape index (κ1) is 15.5. The van der Waals surface area contributed by atoms with Crippen molar-refractivity contribution in [2.45, 2.75) is 18.6 Å². The van der Waals surface area contributed by atoms with Gasteiger partial charge in [0.05, 0.1) is 18.7 Å². The van der Waals surface area contributed by atoms with Gasteiger partial charge in [0.25, 0.3) is 0 Å². The molecule has 1 aliphatic rings. The van der Waals surface area contributed by atoms with Gasteiger partial charge in [-0.2, -0.15) is 0 Å². The van der Waals surface area contributed by atoms with Crippen molar-refractivity contribution in [2.75, 3.05) is 18.4 Å². The number of amides is 2. The van der Waals surface area contributed by atoms with Crippen LogP contribution >= 0.6 is 0 Å². The van der Waals surface area contributed by atoms with Crippen LogP contribution in [0.25, 0.3) is 10.8 Å². The molecule has 1 heterocycles. The van der Waals surface area contributed by atoms with Crippen molar-refractivity contribution < 1.29 is 14.7 Å². The Bertz CT molecular complexity index is 727. The third-order valence-electron chi connectivity index (χ3n) is 3.91. The van der Waals surface area contributed by atoms with Crippen LogP contribution in [0.1, 0.15) is 6.42 Å². The highest BCUT2D eigenvalue weighted by molar-refractivity contribution is 6.03. The summed E-state index contributed by atoms with van der Waals surface area (Å²) in [7, 11) is 0. The van der Waals surface area contributed by atoms with Crippen molar-refractivity contribution in [1.82, 2.24) is 10.6 Å². The fraction of sp³-hybridized carbons (Fsp3) is 0.294. The Hall–Kier alpha value is -2.44. The molecule has 6 heteroatoms. The third kappa shape index (κ3) is 3.67. The Morgan fingerprint density at radius 2 is 1.96 bits per heavy atom. The zero-order chi connectivity index (χ0) is 16.2. The Morgan fingerprint density at radius 1 is 1.17 bits per heavy atom. The molecule has 2 unspecified atom stereocenters. The number of carbonyl (C=O) groups is 2. The van der Waals surface area contributed by atoms with E-state index in [-0.39, 0.29) is 18.4 Å². The van der Waals surface area contributed by atoms with Crippen LogP contribution < -0.4 is 16.0 Å². The molecule has 23 heavy (non-hydrogen) atoms. The summed E-state index contributed by atoms with van der Waals surface area (Å²) in [6.45, 7) is 0.302. The van der Waals surface area contributed by atoms with Gasteiger partial charge in [0.2, 0.25) is 11.8 Å². The molecule has 1 aliphatic heterocycles. The second kappa shape index (κ2) is 6.76. The number of hydrogen-bond acceptors (Lipinski definition) is 4. The maximum Gasteiger partial charge on any atom is 0.243 e. The molecule has 1 saturated heterocycles. The first-order valence-electron chi connectivity index (χ1n) is 7.60. The van der Waals surface area contributed by atoms with Gasteiger partial charge in [-0.3, -0.25) is 9.59 Å². The van der Waals surface area contributed by atoms with E-state index in [0.717, 1.165) is 16.5 Å². The highest BCUT2D eigenvalue weighted by Gasteiger charge is 2.27. The van der Waals surface area contributed by atoms with E-state index in [4.69, 9.17) is 0 Å². The van der Waals surface area contributed by atoms with E-state index in [2.05, 4.69) is 16.0 Å². The molecule has 0 aliphatic carbocycles. The SMILES string of the molecule is O=C(CNC(=O)C1CC(O)CN1)Nc1cccc2ccccc12. The van der Waals surface area contributed by atoms with Crippen LogP contribution in [-0.4, -0.2) is 42.2 Å². The van der Waals surface area contributed by atoms with Crippen LogP contribution in [0, 0.1) is 0 Å². The number of rotatable bonds is 4. The lowest BCUT2D eigenvalue weighted by molar-refractivity contribution is -0.125. The minimum Gasteiger partial charge on any atom is -0.392 e. The predicted molar refractivity (Wildman–Crippen MR) is 88.0 cm³/mol. The van der Waals surface area contributed by atoms with Gasteiger partial charge in [-0.05, 0) is 17.9 Å². The Kier molecular flexibility index (Phi) is 4.55. The molecule has 0 aromatic heterocycles. The average molecular weight is 313 g/mol. The minimum atomic E-state index is -0.504. The molecule has 1 fully saturated rings. The summed E-state index contributed by atoms with van der Waals surface area (Å²) in [5.74, 6) is -0.553. The van der Waals surface area contributed by atoms with Crippen LogP contribution in [0.4, 0.5) is 5.69 Å². The summed E-state index contributed by atoms with van der Waals surface area (Å²) in [5.41, 5.74) is 0.719. The summed E-state index contributed by atoms with van der Waals surface area (Å²) < 4.78 is 0. The maximum atomic E-state index is 12.0. The second-order valence-electron chi connectivity index (χ2n) is 5.64. The van der Waals surface area contributed by atoms with Crippen molar-refractivity contribution in [3.05, 3.63) is 42.5 Å². The number of aliphatic hydroxyl groups is 1. The molecular formula is C17H19N3O3. The molecule has 6 nitrogen and oxygen atoms in total. The average Bonchev–Trinajstić information content (AvgIpc) is 2.99. The van der Waals surface area contributed by atoms with E-state index < -0.39 is 12.1 Å². The summed E-state index contributed by atoms with van der Waals surface area (Å²) in [5, 5.41) is 19.7. The van der Waals surface area contributed by atoms with Gasteiger partial charge < -0.3 is 21.1 Å². The molecule has 2 atom stereocenters. The van der Waals surface area contributed by atoms with E-state index in [1.54, 1.807) is 0 Å². The summed E-state index contributed by atoms with van der Waals surface area (Å²) in [4.78, 5) is 23.9. The lowest BCUT2D eigenvalue weighted by Crippen LogP contribution is -2.43. The fourth-order valence-electron chi connectivity index (χ4n) is 2.74. The molecule has 4 N–H and O–H groups in total. The molecule has 2 aromatic rings. The molecule has 0 radical (unpaired) electrons. The van der Waals surface area contributed by atoms with Crippen molar-refractivity contribution in [3.63, 3.8) is 0 Å². The van der Waals surface area contributed by atoms with Crippen molar-refractivity contribution in [1.29, 1.82) is 0 Å². The molecule has 2 amide bonds. The maximum absolute atomic E-state index is 12.0. The van der Waals surface area contributed by atoms with Gasteiger partial charge >= 0.3 is 0 Å². The second-order valence-corrected chi connectivity index (χ2v) is 5.64. The predicted octanol–water partition coefficient (Wildman–Crippen LogP) is 0.617. The monoisotopic (exact) mass is 313 g/mol. The number of benzene rings is 2. The number of carbonyl (C=O) groups excluding carboxylic acids is 2. The third-order valence-corrected chi connectivity index (χ3v) is 3.91. The molecular weight excluding hydrogens is 294 g/mol. The van der Waals surface area contributed by atoms with Crippen LogP contribution in [0.15, 0.2) is 42.5 Å². The van der Waals surface area contributed by atoms with Crippen LogP contribution in [0.5, 0.6) is 0 Å². The zero-order valence-corrected chi connectivity index (χ0v) is 12.6. The van der Waals surface area contributed by atoms with Gasteiger partial charge in [-0.1, -0.05) is 36.4 Å². The number of fused-ring (bicyclic) bond motifs is 1. The van der Waals surface area contributed by atoms with Crippen LogP contribution in [-0.2, 0) is 9.59 Å². The quantitative estimate of drug-likeness (QED) is 0.666. The molecule has 3 rings (SSSR count). The summed E-state index contributed by atoms with van der Waals surface area (Å²) >= 11 is 0. The number of aliphatic hydroxyl groups excluding tert-OH is 1. The van der Waals surface area contributed by atoms with Crippen LogP contribution in [0.3, 0.4) is 0 Å². The highest BCUT2D eigenvalue weighted by Crippen LogP contribution is 2.22. The number of hydrogen-bond donors (Lipinski definition) is 4. The Balaban J connectivity index is 1.58. The molecule has 120 valence electrons. The smallest absolute Gasteiger partial charge is 0.243 e. The number of β-amino-alcohol motifs (C(OH)–C–C–N with tert-alkyl or cyclic N) is 1. The first-order valence-corrected chi connectivity index (χ1v) is 7.60. The Morgan fingerprint density at radius 3 is 2.74 bits per heavy atom. The van der Waals surface area contributed by atoms with Gasteiger partial charge in [0.15, 0.2) is 0 Å². The number of nitrogens with one attached hydrogen (secondary N) is 3. The van der Waals surface area contributed by atoms with Gasteiger partial charge in [0.1, 0.15) is 0 Å². The van der Waals surface area contributed by atoms with Crippen molar-refractivity contribution >= 4 is 28.3 Å². The fourth-order valence-corrected chi connectivity index (χ4v) is 2.74. The highest BCUT2D eigenvalue weighted by atomic mass is 16.3. The molecule has 0 bridgehead atoms. The van der Waals surface area contributed by atoms with Crippen LogP contribution in [0.2, 0.25) is 0 Å². The van der Waals surface area contributed by atoms with Gasteiger partial charge in [0, 0.05) is 17.6 Å². The van der Waals surface area contributed by atoms with Crippen molar-refractivity contribution in [3.8, 4) is 0 Å². The standard InChI is InChI=1S/C17H19N3O3/c21-12-8-15(18-9-12)17(23)19-10-16(22)20-14-7-3-5-11-4-1-2-6-13(11)14/h1-7,12,15,18,21H,8-10H2,(H,19,23)(H,20,22). The number of anilines is 1. The molecule has 2 aromatic carbocycles. The zero-order valence-electron chi connectivity index (χ0n) is 12.6. The molecule has 0 saturated carbocycles. The lowest BCUT2D eigenvalue weighted by atomic mass is 10.1. The lowest BCUT2D eigenvalue weighted by Gasteiger charge is -2.12. The van der Waals surface area contributed by atoms with Gasteiger partial charge in [-0.15, -0.1) is 0 Å². The van der Waals surface area contributed by atoms with Crippen molar-refractivity contribution in [2.24, 2.45) is 0 Å². The Labute approximate surface area is 133 Å². The van der Waals surface area contributed by atoms with E-state index in [1.165, 1.54) is 0 Å². The van der Waals surface area contributed by atoms with E-state index in [9.17, 15) is 14.7 Å². The summed E-state index contributed by atoms with van der Waals surface area (Å²) in [6.07, 6.45) is -0.133. The van der Waals surface area contributed by atoms with E-state index in [0.29, 0.717) is 13.0 Å². The molecule has 0 spiro atoms. The largest absolute Gasteiger partial charge is 0.392 e.